The second-order valence-electron chi connectivity index (χ2n) is 10.2. The van der Waals surface area contributed by atoms with Gasteiger partial charge in [0.1, 0.15) is 12.1 Å². The molecule has 0 aliphatic heterocycles. The summed E-state index contributed by atoms with van der Waals surface area (Å²) in [5.74, 6) is 0.178. The number of hydrogen-bond acceptors (Lipinski definition) is 5. The molecule has 3 aromatic carbocycles. The molecule has 8 nitrogen and oxygen atoms in total. The summed E-state index contributed by atoms with van der Waals surface area (Å²) >= 11 is 1.44. The van der Waals surface area contributed by atoms with Crippen LogP contribution < -0.4 is 14.9 Å². The predicted octanol–water partition coefficient (Wildman–Crippen LogP) is 7.19. The highest BCUT2D eigenvalue weighted by Crippen LogP contribution is 2.24. The average Bonchev–Trinajstić information content (AvgIpc) is 3.63. The number of halogens is 3. The summed E-state index contributed by atoms with van der Waals surface area (Å²) in [6, 6.07) is 20.9. The number of thiazole rings is 1. The SMILES string of the molecule is CCc1ccccc1-n1c(C)csc1=NC(=O)NC(C)CCc1ccc(-c2ncn(-c3ccc(OC(F)(F)F)cc3)n2)cc1. The number of aromatic nitrogens is 4. The molecule has 2 aromatic heterocycles. The summed E-state index contributed by atoms with van der Waals surface area (Å²) < 4.78 is 44.6. The molecule has 2 amide bonds. The molecule has 5 aromatic rings. The van der Waals surface area contributed by atoms with Crippen LogP contribution in [0.15, 0.2) is 89.5 Å². The number of amides is 2. The molecule has 2 heterocycles. The number of benzene rings is 3. The summed E-state index contributed by atoms with van der Waals surface area (Å²) in [7, 11) is 0. The van der Waals surface area contributed by atoms with Crippen LogP contribution in [0.2, 0.25) is 0 Å². The van der Waals surface area contributed by atoms with Crippen molar-refractivity contribution in [1.82, 2.24) is 24.6 Å². The Bertz CT molecular complexity index is 1790. The highest BCUT2D eigenvalue weighted by Gasteiger charge is 2.31. The molecule has 0 bridgehead atoms. The number of rotatable bonds is 9. The third-order valence-electron chi connectivity index (χ3n) is 6.96. The number of ether oxygens (including phenoxy) is 1. The molecule has 1 unspecified atom stereocenters. The number of carbonyl (C=O) groups excluding carboxylic acids is 1. The van der Waals surface area contributed by atoms with Crippen molar-refractivity contribution in [3.63, 3.8) is 0 Å². The van der Waals surface area contributed by atoms with Gasteiger partial charge >= 0.3 is 12.4 Å². The Morgan fingerprint density at radius 2 is 1.80 bits per heavy atom. The van der Waals surface area contributed by atoms with Gasteiger partial charge in [0.05, 0.1) is 11.4 Å². The van der Waals surface area contributed by atoms with Gasteiger partial charge in [0.2, 0.25) is 0 Å². The molecule has 0 fully saturated rings. The van der Waals surface area contributed by atoms with Crippen LogP contribution in [0, 0.1) is 6.92 Å². The van der Waals surface area contributed by atoms with E-state index in [1.807, 2.05) is 66.3 Å². The largest absolute Gasteiger partial charge is 0.573 e. The second kappa shape index (κ2) is 13.3. The Balaban J connectivity index is 1.17. The summed E-state index contributed by atoms with van der Waals surface area (Å²) in [4.78, 5) is 22.2. The fourth-order valence-electron chi connectivity index (χ4n) is 4.72. The standard InChI is InChI=1S/C32H31F3N6O2S/c1-4-24-7-5-6-8-28(24)41-22(3)19-44-31(41)38-30(42)37-21(2)9-10-23-11-13-25(14-12-23)29-36-20-40(39-29)26-15-17-27(18-16-26)43-32(33,34)35/h5-8,11-21H,4,9-10H2,1-3H3,(H,37,42). The normalized spacial score (nSPS) is 12.7. The molecule has 44 heavy (non-hydrogen) atoms. The number of nitrogens with zero attached hydrogens (tertiary/aromatic N) is 5. The minimum atomic E-state index is -4.75. The molecule has 228 valence electrons. The Morgan fingerprint density at radius 3 is 2.50 bits per heavy atom. The van der Waals surface area contributed by atoms with E-state index in [0.29, 0.717) is 16.3 Å². The van der Waals surface area contributed by atoms with Gasteiger partial charge in [-0.3, -0.25) is 4.57 Å². The number of nitrogens with one attached hydrogen (secondary N) is 1. The first-order valence-electron chi connectivity index (χ1n) is 14.1. The molecule has 0 radical (unpaired) electrons. The Kier molecular flexibility index (Phi) is 9.29. The van der Waals surface area contributed by atoms with Gasteiger partial charge < -0.3 is 10.1 Å². The van der Waals surface area contributed by atoms with Gasteiger partial charge in [-0.2, -0.15) is 4.99 Å². The van der Waals surface area contributed by atoms with Crippen LogP contribution in [0.1, 0.15) is 37.1 Å². The smallest absolute Gasteiger partial charge is 0.406 e. The van der Waals surface area contributed by atoms with E-state index < -0.39 is 6.36 Å². The fourth-order valence-corrected chi connectivity index (χ4v) is 5.58. The number of alkyl halides is 3. The number of carbonyl (C=O) groups is 1. The second-order valence-corrected chi connectivity index (χ2v) is 11.1. The van der Waals surface area contributed by atoms with Crippen molar-refractivity contribution in [2.45, 2.75) is 52.4 Å². The number of aryl methyl sites for hydroxylation is 3. The highest BCUT2D eigenvalue weighted by atomic mass is 32.1. The van der Waals surface area contributed by atoms with E-state index in [0.717, 1.165) is 41.8 Å². The lowest BCUT2D eigenvalue weighted by Gasteiger charge is -2.13. The summed E-state index contributed by atoms with van der Waals surface area (Å²) in [5.41, 5.74) is 5.69. The minimum absolute atomic E-state index is 0.0892. The summed E-state index contributed by atoms with van der Waals surface area (Å²) in [6.45, 7) is 6.07. The predicted molar refractivity (Wildman–Crippen MR) is 163 cm³/mol. The Hall–Kier alpha value is -4.71. The van der Waals surface area contributed by atoms with E-state index in [9.17, 15) is 18.0 Å². The van der Waals surface area contributed by atoms with Crippen molar-refractivity contribution in [2.75, 3.05) is 0 Å². The molecule has 0 aliphatic rings. The van der Waals surface area contributed by atoms with Gasteiger partial charge in [-0.15, -0.1) is 29.6 Å². The van der Waals surface area contributed by atoms with Crippen LogP contribution in [0.25, 0.3) is 22.8 Å². The highest BCUT2D eigenvalue weighted by molar-refractivity contribution is 7.07. The van der Waals surface area contributed by atoms with Crippen LogP contribution >= 0.6 is 11.3 Å². The number of para-hydroxylation sites is 1. The lowest BCUT2D eigenvalue weighted by Crippen LogP contribution is -2.32. The van der Waals surface area contributed by atoms with E-state index >= 15 is 0 Å². The lowest BCUT2D eigenvalue weighted by molar-refractivity contribution is -0.274. The first-order chi connectivity index (χ1) is 21.1. The van der Waals surface area contributed by atoms with Crippen LogP contribution in [-0.4, -0.2) is 37.8 Å². The maximum atomic E-state index is 12.8. The molecular formula is C32H31F3N6O2S. The molecule has 1 N–H and O–H groups in total. The zero-order valence-corrected chi connectivity index (χ0v) is 25.2. The molecule has 12 heteroatoms. The zero-order chi connectivity index (χ0) is 31.3. The minimum Gasteiger partial charge on any atom is -0.406 e. The Labute approximate surface area is 256 Å². The van der Waals surface area contributed by atoms with E-state index in [1.54, 1.807) is 0 Å². The molecule has 0 saturated heterocycles. The molecule has 0 saturated carbocycles. The first kappa shape index (κ1) is 30.7. The van der Waals surface area contributed by atoms with Gasteiger partial charge in [0.15, 0.2) is 10.6 Å². The van der Waals surface area contributed by atoms with Crippen molar-refractivity contribution in [3.8, 4) is 28.5 Å². The van der Waals surface area contributed by atoms with Crippen molar-refractivity contribution in [3.05, 3.63) is 106 Å². The van der Waals surface area contributed by atoms with Crippen LogP contribution in [0.4, 0.5) is 18.0 Å². The molecular weight excluding hydrogens is 589 g/mol. The van der Waals surface area contributed by atoms with Gasteiger partial charge in [-0.1, -0.05) is 49.4 Å². The van der Waals surface area contributed by atoms with Crippen LogP contribution in [0.3, 0.4) is 0 Å². The number of hydrogen-bond donors (Lipinski definition) is 1. The molecule has 0 aliphatic carbocycles. The monoisotopic (exact) mass is 620 g/mol. The molecule has 0 spiro atoms. The fraction of sp³-hybridized carbons (Fsp3) is 0.250. The first-order valence-corrected chi connectivity index (χ1v) is 15.0. The van der Waals surface area contributed by atoms with Crippen molar-refractivity contribution in [2.24, 2.45) is 4.99 Å². The Morgan fingerprint density at radius 1 is 1.07 bits per heavy atom. The van der Waals surface area contributed by atoms with Gasteiger partial charge in [0, 0.05) is 22.7 Å². The third kappa shape index (κ3) is 7.62. The van der Waals surface area contributed by atoms with Crippen LogP contribution in [0.5, 0.6) is 5.75 Å². The van der Waals surface area contributed by atoms with E-state index in [1.165, 1.54) is 52.2 Å². The number of urea groups is 1. The van der Waals surface area contributed by atoms with Gasteiger partial charge in [0.25, 0.3) is 0 Å². The van der Waals surface area contributed by atoms with Gasteiger partial charge in [-0.25, -0.2) is 14.5 Å². The van der Waals surface area contributed by atoms with Crippen molar-refractivity contribution in [1.29, 1.82) is 0 Å². The van der Waals surface area contributed by atoms with Gasteiger partial charge in [-0.05, 0) is 74.6 Å². The van der Waals surface area contributed by atoms with Crippen molar-refractivity contribution >= 4 is 17.4 Å². The van der Waals surface area contributed by atoms with E-state index in [2.05, 4.69) is 38.1 Å². The quantitative estimate of drug-likeness (QED) is 0.189. The van der Waals surface area contributed by atoms with E-state index in [4.69, 9.17) is 0 Å². The maximum Gasteiger partial charge on any atom is 0.573 e. The van der Waals surface area contributed by atoms with Crippen molar-refractivity contribution < 1.29 is 22.7 Å². The lowest BCUT2D eigenvalue weighted by atomic mass is 10.0. The summed E-state index contributed by atoms with van der Waals surface area (Å²) in [5, 5.41) is 9.43. The van der Waals surface area contributed by atoms with Crippen LogP contribution in [-0.2, 0) is 12.8 Å². The molecule has 5 rings (SSSR count). The third-order valence-corrected chi connectivity index (χ3v) is 7.91. The average molecular weight is 621 g/mol. The van der Waals surface area contributed by atoms with E-state index in [-0.39, 0.29) is 17.8 Å². The molecule has 1 atom stereocenters. The summed E-state index contributed by atoms with van der Waals surface area (Å²) in [6.07, 6.45) is -0.893. The topological polar surface area (TPSA) is 86.3 Å². The zero-order valence-electron chi connectivity index (χ0n) is 24.4. The maximum absolute atomic E-state index is 12.8.